The number of benzene rings is 3. The second kappa shape index (κ2) is 14.5. The third-order valence-corrected chi connectivity index (χ3v) is 10.1. The van der Waals surface area contributed by atoms with Crippen molar-refractivity contribution in [2.45, 2.75) is 81.1 Å². The van der Waals surface area contributed by atoms with E-state index in [1.165, 1.54) is 17.0 Å². The molecule has 0 aliphatic heterocycles. The molecule has 1 N–H and O–H groups in total. The summed E-state index contributed by atoms with van der Waals surface area (Å²) in [5, 5.41) is 15.5. The molecule has 0 unspecified atom stereocenters. The molecule has 0 atom stereocenters. The zero-order valence-corrected chi connectivity index (χ0v) is 31.0. The minimum Gasteiger partial charge on any atom is -0.512 e. The Labute approximate surface area is 291 Å². The molecule has 0 bridgehead atoms. The van der Waals surface area contributed by atoms with Crippen LogP contribution >= 0.6 is 0 Å². The Bertz CT molecular complexity index is 2090. The van der Waals surface area contributed by atoms with Crippen molar-refractivity contribution < 1.29 is 34.4 Å². The molecule has 47 heavy (non-hydrogen) atoms. The van der Waals surface area contributed by atoms with Gasteiger partial charge in [0.15, 0.2) is 5.78 Å². The van der Waals surface area contributed by atoms with Gasteiger partial charge in [0.25, 0.3) is 0 Å². The van der Waals surface area contributed by atoms with Gasteiger partial charge in [-0.2, -0.15) is 0 Å². The van der Waals surface area contributed by atoms with Crippen molar-refractivity contribution in [1.82, 2.24) is 15.0 Å². The molecule has 6 aromatic rings. The van der Waals surface area contributed by atoms with Gasteiger partial charge in [0.2, 0.25) is 5.71 Å². The molecule has 0 aliphatic carbocycles. The van der Waals surface area contributed by atoms with Crippen LogP contribution in [0.25, 0.3) is 55.0 Å². The Morgan fingerprint density at radius 2 is 1.51 bits per heavy atom. The summed E-state index contributed by atoms with van der Waals surface area (Å²) < 4.78 is 6.18. The van der Waals surface area contributed by atoms with Crippen molar-refractivity contribution in [1.29, 1.82) is 0 Å². The number of fused-ring (bicyclic) bond motifs is 6. The first-order chi connectivity index (χ1) is 22.0. The molecule has 0 spiro atoms. The SMILES string of the molecule is CCC(C)(CC)C(=O)/C=C(\O)C(C)(CC)CC.Cc1ccc2c(n1)oc1c(-c3ncnc4c3cc(C)c3ccccc34)[c-]ccc12.[Ir]. The molecule has 6 nitrogen and oxygen atoms in total. The van der Waals surface area contributed by atoms with Gasteiger partial charge in [0.1, 0.15) is 12.1 Å². The maximum absolute atomic E-state index is 12.2. The molecule has 1 radical (unpaired) electrons. The van der Waals surface area contributed by atoms with E-state index in [0.29, 0.717) is 5.71 Å². The fourth-order valence-corrected chi connectivity index (χ4v) is 5.85. The standard InChI is InChI=1S/C25H16N3O.C15H28O2.Ir/c1-14-12-21-22(17-7-4-3-6-16(14)17)26-13-27-23(21)20-9-5-8-18-19-11-10-15(2)28-25(19)29-24(18)20;1-7-14(5,8-2)12(16)11-13(17)15(6,9-3)10-4;/h3-8,10-13H,1-2H3;11,16H,7-10H2,1-6H3;/q-1;;/b;12-11-;. The summed E-state index contributed by atoms with van der Waals surface area (Å²) in [6.07, 6.45) is 6.38. The van der Waals surface area contributed by atoms with Crippen molar-refractivity contribution in [2.75, 3.05) is 0 Å². The predicted molar refractivity (Wildman–Crippen MR) is 189 cm³/mol. The smallest absolute Gasteiger partial charge is 0.216 e. The third-order valence-electron chi connectivity index (χ3n) is 10.1. The van der Waals surface area contributed by atoms with Gasteiger partial charge < -0.3 is 9.52 Å². The van der Waals surface area contributed by atoms with E-state index in [4.69, 9.17) is 4.42 Å². The first-order valence-corrected chi connectivity index (χ1v) is 16.3. The Kier molecular flexibility index (Phi) is 11.0. The van der Waals surface area contributed by atoms with Gasteiger partial charge in [-0.15, -0.1) is 18.2 Å². The molecule has 0 amide bonds. The van der Waals surface area contributed by atoms with Crippen LogP contribution in [-0.4, -0.2) is 25.8 Å². The van der Waals surface area contributed by atoms with Gasteiger partial charge in [-0.05, 0) is 68.0 Å². The molecule has 247 valence electrons. The van der Waals surface area contributed by atoms with Crippen LogP contribution in [0.1, 0.15) is 78.5 Å². The second-order valence-corrected chi connectivity index (χ2v) is 12.8. The normalized spacial score (nSPS) is 12.3. The summed E-state index contributed by atoms with van der Waals surface area (Å²) in [6, 6.07) is 21.9. The number of aromatic nitrogens is 3. The van der Waals surface area contributed by atoms with Crippen LogP contribution in [0.5, 0.6) is 0 Å². The maximum atomic E-state index is 12.2. The number of furan rings is 1. The number of nitrogens with zero attached hydrogens (tertiary/aromatic N) is 3. The zero-order valence-electron chi connectivity index (χ0n) is 28.6. The van der Waals surface area contributed by atoms with Crippen LogP contribution in [0.15, 0.2) is 77.2 Å². The zero-order chi connectivity index (χ0) is 33.2. The van der Waals surface area contributed by atoms with E-state index in [1.807, 2.05) is 72.7 Å². The minimum atomic E-state index is -0.337. The van der Waals surface area contributed by atoms with Crippen LogP contribution in [0.3, 0.4) is 0 Å². The molecule has 3 aromatic heterocycles. The van der Waals surface area contributed by atoms with Crippen molar-refractivity contribution in [3.63, 3.8) is 0 Å². The second-order valence-electron chi connectivity index (χ2n) is 12.8. The monoisotopic (exact) mass is 807 g/mol. The number of pyridine rings is 1. The van der Waals surface area contributed by atoms with E-state index in [2.05, 4.69) is 58.3 Å². The summed E-state index contributed by atoms with van der Waals surface area (Å²) in [7, 11) is 0. The summed E-state index contributed by atoms with van der Waals surface area (Å²) in [6.45, 7) is 16.2. The molecule has 7 heteroatoms. The number of aliphatic hydroxyl groups excluding tert-OH is 1. The van der Waals surface area contributed by atoms with Gasteiger partial charge in [-0.1, -0.05) is 82.8 Å². The summed E-state index contributed by atoms with van der Waals surface area (Å²) in [4.78, 5) is 26.0. The Morgan fingerprint density at radius 1 is 0.851 bits per heavy atom. The van der Waals surface area contributed by atoms with E-state index in [0.717, 1.165) is 75.3 Å². The average Bonchev–Trinajstić information content (AvgIpc) is 3.45. The van der Waals surface area contributed by atoms with E-state index < -0.39 is 0 Å². The minimum absolute atomic E-state index is 0. The number of hydrogen-bond donors (Lipinski definition) is 1. The molecular weight excluding hydrogens is 763 g/mol. The molecule has 0 aliphatic rings. The number of carbonyl (C=O) groups is 1. The topological polar surface area (TPSA) is 89.1 Å². The first kappa shape index (κ1) is 35.9. The number of aliphatic hydroxyl groups is 1. The Morgan fingerprint density at radius 3 is 2.17 bits per heavy atom. The number of hydrogen-bond acceptors (Lipinski definition) is 6. The molecule has 0 fully saturated rings. The summed E-state index contributed by atoms with van der Waals surface area (Å²) in [5.74, 6) is 0.286. The van der Waals surface area contributed by atoms with Crippen molar-refractivity contribution in [2.24, 2.45) is 10.8 Å². The fourth-order valence-electron chi connectivity index (χ4n) is 5.85. The van der Waals surface area contributed by atoms with Gasteiger partial charge in [0.05, 0.1) is 11.1 Å². The molecular formula is C40H44IrN3O3-. The van der Waals surface area contributed by atoms with Gasteiger partial charge in [0, 0.05) is 59.2 Å². The number of allylic oxidation sites excluding steroid dienone is 2. The molecule has 3 heterocycles. The van der Waals surface area contributed by atoms with Crippen LogP contribution in [0, 0.1) is 30.7 Å². The molecule has 0 saturated carbocycles. The molecule has 6 rings (SSSR count). The van der Waals surface area contributed by atoms with Crippen molar-refractivity contribution >= 4 is 49.5 Å². The molecule has 3 aromatic carbocycles. The maximum Gasteiger partial charge on any atom is 0.216 e. The van der Waals surface area contributed by atoms with E-state index in [-0.39, 0.29) is 42.5 Å². The van der Waals surface area contributed by atoms with Gasteiger partial charge >= 0.3 is 0 Å². The number of aryl methyl sites for hydroxylation is 2. The van der Waals surface area contributed by atoms with Crippen LogP contribution in [0.4, 0.5) is 0 Å². The largest absolute Gasteiger partial charge is 0.512 e. The van der Waals surface area contributed by atoms with E-state index in [9.17, 15) is 9.90 Å². The van der Waals surface area contributed by atoms with Crippen molar-refractivity contribution in [3.8, 4) is 11.3 Å². The average molecular weight is 807 g/mol. The van der Waals surface area contributed by atoms with E-state index in [1.54, 1.807) is 6.33 Å². The fraction of sp³-hybridized carbons (Fsp3) is 0.350. The predicted octanol–water partition coefficient (Wildman–Crippen LogP) is 10.8. The number of ketones is 1. The number of carbonyl (C=O) groups excluding carboxylic acids is 1. The quantitative estimate of drug-likeness (QED) is 0.0713. The summed E-state index contributed by atoms with van der Waals surface area (Å²) in [5.41, 5.74) is 5.51. The van der Waals surface area contributed by atoms with Crippen molar-refractivity contribution in [3.05, 3.63) is 90.1 Å². The summed E-state index contributed by atoms with van der Waals surface area (Å²) >= 11 is 0. The van der Waals surface area contributed by atoms with Crippen LogP contribution < -0.4 is 0 Å². The van der Waals surface area contributed by atoms with E-state index >= 15 is 0 Å². The first-order valence-electron chi connectivity index (χ1n) is 16.3. The molecule has 0 saturated heterocycles. The van der Waals surface area contributed by atoms with Crippen LogP contribution in [0.2, 0.25) is 0 Å². The number of rotatable bonds is 8. The van der Waals surface area contributed by atoms with Gasteiger partial charge in [-0.25, -0.2) is 9.97 Å². The van der Waals surface area contributed by atoms with Gasteiger partial charge in [-0.3, -0.25) is 9.78 Å². The Hall–Kier alpha value is -3.93. The Balaban J connectivity index is 0.000000242. The third kappa shape index (κ3) is 6.75. The van der Waals surface area contributed by atoms with Crippen LogP contribution in [-0.2, 0) is 24.9 Å².